The van der Waals surface area contributed by atoms with Gasteiger partial charge in [0.15, 0.2) is 0 Å². The molecule has 0 unspecified atom stereocenters. The average molecular weight is 465 g/mol. The SMILES string of the molecule is CCc1cc(Br)ccc1NC(=O)c1cc(-c2cccs2)nc2c(C)cc(C)cc12. The second-order valence-electron chi connectivity index (χ2n) is 7.12. The van der Waals surface area contributed by atoms with Gasteiger partial charge < -0.3 is 5.32 Å². The monoisotopic (exact) mass is 464 g/mol. The molecule has 2 heterocycles. The van der Waals surface area contributed by atoms with Crippen LogP contribution in [0.15, 0.2) is 58.4 Å². The molecule has 5 heteroatoms. The van der Waals surface area contributed by atoms with Crippen molar-refractivity contribution < 1.29 is 4.79 Å². The van der Waals surface area contributed by atoms with E-state index in [1.807, 2.05) is 61.7 Å². The standard InChI is InChI=1S/C24H21BrN2OS/c1-4-16-12-17(25)7-8-20(16)27-24(28)19-13-21(22-6-5-9-29-22)26-23-15(3)10-14(2)11-18(19)23/h5-13H,4H2,1-3H3,(H,27,28). The molecule has 0 aliphatic carbocycles. The quantitative estimate of drug-likeness (QED) is 0.348. The van der Waals surface area contributed by atoms with Crippen LogP contribution >= 0.6 is 27.3 Å². The highest BCUT2D eigenvalue weighted by Gasteiger charge is 2.17. The van der Waals surface area contributed by atoms with Gasteiger partial charge >= 0.3 is 0 Å². The summed E-state index contributed by atoms with van der Waals surface area (Å²) in [7, 11) is 0. The molecule has 4 aromatic rings. The molecule has 2 aromatic carbocycles. The van der Waals surface area contributed by atoms with Crippen LogP contribution in [0.5, 0.6) is 0 Å². The lowest BCUT2D eigenvalue weighted by atomic mass is 10.0. The molecule has 2 aromatic heterocycles. The fraction of sp³-hybridized carbons (Fsp3) is 0.167. The summed E-state index contributed by atoms with van der Waals surface area (Å²) in [5, 5.41) is 6.04. The zero-order chi connectivity index (χ0) is 20.5. The maximum atomic E-state index is 13.4. The van der Waals surface area contributed by atoms with Crippen molar-refractivity contribution in [2.75, 3.05) is 5.32 Å². The molecule has 0 saturated heterocycles. The van der Waals surface area contributed by atoms with Crippen molar-refractivity contribution in [3.05, 3.63) is 80.6 Å². The van der Waals surface area contributed by atoms with E-state index in [-0.39, 0.29) is 5.91 Å². The average Bonchev–Trinajstić information content (AvgIpc) is 3.23. The smallest absolute Gasteiger partial charge is 0.256 e. The minimum Gasteiger partial charge on any atom is -0.322 e. The van der Waals surface area contributed by atoms with E-state index in [0.717, 1.165) is 54.7 Å². The fourth-order valence-corrected chi connectivity index (χ4v) is 4.68. The molecule has 3 nitrogen and oxygen atoms in total. The largest absolute Gasteiger partial charge is 0.322 e. The van der Waals surface area contributed by atoms with Crippen molar-refractivity contribution in [1.82, 2.24) is 4.98 Å². The van der Waals surface area contributed by atoms with Gasteiger partial charge in [0.25, 0.3) is 5.91 Å². The highest BCUT2D eigenvalue weighted by Crippen LogP contribution is 2.31. The van der Waals surface area contributed by atoms with E-state index in [4.69, 9.17) is 4.98 Å². The van der Waals surface area contributed by atoms with Crippen LogP contribution in [0.4, 0.5) is 5.69 Å². The molecular formula is C24H21BrN2OS. The van der Waals surface area contributed by atoms with Gasteiger partial charge in [-0.1, -0.05) is 40.5 Å². The second kappa shape index (κ2) is 8.09. The number of fused-ring (bicyclic) bond motifs is 1. The van der Waals surface area contributed by atoms with Crippen molar-refractivity contribution in [2.45, 2.75) is 27.2 Å². The molecule has 0 aliphatic heterocycles. The van der Waals surface area contributed by atoms with Gasteiger partial charge in [0.1, 0.15) is 0 Å². The minimum atomic E-state index is -0.114. The number of halogens is 1. The lowest BCUT2D eigenvalue weighted by Crippen LogP contribution is -2.14. The Morgan fingerprint density at radius 1 is 1.14 bits per heavy atom. The Balaban J connectivity index is 1.86. The summed E-state index contributed by atoms with van der Waals surface area (Å²) in [5.74, 6) is -0.114. The maximum Gasteiger partial charge on any atom is 0.256 e. The van der Waals surface area contributed by atoms with E-state index < -0.39 is 0 Å². The Hall–Kier alpha value is -2.50. The lowest BCUT2D eigenvalue weighted by molar-refractivity contribution is 0.102. The van der Waals surface area contributed by atoms with Gasteiger partial charge in [-0.15, -0.1) is 11.3 Å². The number of carbonyl (C=O) groups is 1. The number of pyridine rings is 1. The molecule has 146 valence electrons. The van der Waals surface area contributed by atoms with Gasteiger partial charge in [-0.05, 0) is 73.2 Å². The number of nitrogens with zero attached hydrogens (tertiary/aromatic N) is 1. The number of nitrogens with one attached hydrogen (secondary N) is 1. The predicted molar refractivity (Wildman–Crippen MR) is 126 cm³/mol. The first-order valence-electron chi connectivity index (χ1n) is 9.52. The summed E-state index contributed by atoms with van der Waals surface area (Å²) in [6.45, 7) is 6.18. The topological polar surface area (TPSA) is 42.0 Å². The van der Waals surface area contributed by atoms with Crippen molar-refractivity contribution in [2.24, 2.45) is 0 Å². The van der Waals surface area contributed by atoms with Crippen LogP contribution in [-0.4, -0.2) is 10.9 Å². The molecule has 1 amide bonds. The van der Waals surface area contributed by atoms with Crippen molar-refractivity contribution in [1.29, 1.82) is 0 Å². The Bertz CT molecular complexity index is 1220. The van der Waals surface area contributed by atoms with Gasteiger partial charge in [0, 0.05) is 15.5 Å². The molecule has 0 radical (unpaired) electrons. The van der Waals surface area contributed by atoms with E-state index in [1.165, 1.54) is 0 Å². The molecule has 4 rings (SSSR count). The maximum absolute atomic E-state index is 13.4. The Labute approximate surface area is 182 Å². The summed E-state index contributed by atoms with van der Waals surface area (Å²) in [6.07, 6.45) is 0.838. The van der Waals surface area contributed by atoms with Gasteiger partial charge in [0.2, 0.25) is 0 Å². The van der Waals surface area contributed by atoms with E-state index in [1.54, 1.807) is 11.3 Å². The number of carbonyl (C=O) groups excluding carboxylic acids is 1. The highest BCUT2D eigenvalue weighted by atomic mass is 79.9. The molecule has 29 heavy (non-hydrogen) atoms. The van der Waals surface area contributed by atoms with Crippen LogP contribution in [0.25, 0.3) is 21.5 Å². The van der Waals surface area contributed by atoms with Crippen LogP contribution in [0.3, 0.4) is 0 Å². The first kappa shape index (κ1) is 19.8. The summed E-state index contributed by atoms with van der Waals surface area (Å²) in [4.78, 5) is 19.3. The number of benzene rings is 2. The zero-order valence-corrected chi connectivity index (χ0v) is 18.9. The summed E-state index contributed by atoms with van der Waals surface area (Å²) in [6, 6.07) is 16.0. The number of hydrogen-bond donors (Lipinski definition) is 1. The number of aromatic nitrogens is 1. The predicted octanol–water partition coefficient (Wildman–Crippen LogP) is 7.16. The van der Waals surface area contributed by atoms with Gasteiger partial charge in [-0.3, -0.25) is 4.79 Å². The molecule has 0 atom stereocenters. The summed E-state index contributed by atoms with van der Waals surface area (Å²) >= 11 is 5.13. The zero-order valence-electron chi connectivity index (χ0n) is 16.5. The van der Waals surface area contributed by atoms with Crippen LogP contribution < -0.4 is 5.32 Å². The van der Waals surface area contributed by atoms with Crippen LogP contribution in [0, 0.1) is 13.8 Å². The Morgan fingerprint density at radius 2 is 1.97 bits per heavy atom. The number of amides is 1. The van der Waals surface area contributed by atoms with E-state index >= 15 is 0 Å². The van der Waals surface area contributed by atoms with Gasteiger partial charge in [-0.25, -0.2) is 4.98 Å². The second-order valence-corrected chi connectivity index (χ2v) is 8.98. The van der Waals surface area contributed by atoms with Crippen molar-refractivity contribution in [3.63, 3.8) is 0 Å². The van der Waals surface area contributed by atoms with Crippen molar-refractivity contribution >= 4 is 49.8 Å². The van der Waals surface area contributed by atoms with E-state index in [9.17, 15) is 4.79 Å². The summed E-state index contributed by atoms with van der Waals surface area (Å²) in [5.41, 5.74) is 6.48. The molecule has 0 aliphatic rings. The molecular weight excluding hydrogens is 444 g/mol. The van der Waals surface area contributed by atoms with Crippen molar-refractivity contribution in [3.8, 4) is 10.6 Å². The normalized spacial score (nSPS) is 11.0. The highest BCUT2D eigenvalue weighted by molar-refractivity contribution is 9.10. The first-order chi connectivity index (χ1) is 14.0. The number of aryl methyl sites for hydroxylation is 3. The Kier molecular flexibility index (Phi) is 5.52. The van der Waals surface area contributed by atoms with Crippen LogP contribution in [0.1, 0.15) is 34.0 Å². The molecule has 0 bridgehead atoms. The number of hydrogen-bond acceptors (Lipinski definition) is 3. The third kappa shape index (κ3) is 3.98. The molecule has 0 fully saturated rings. The molecule has 0 saturated carbocycles. The first-order valence-corrected chi connectivity index (χ1v) is 11.2. The number of anilines is 1. The van der Waals surface area contributed by atoms with Crippen LogP contribution in [0.2, 0.25) is 0 Å². The van der Waals surface area contributed by atoms with Gasteiger partial charge in [-0.2, -0.15) is 0 Å². The van der Waals surface area contributed by atoms with Crippen LogP contribution in [-0.2, 0) is 6.42 Å². The Morgan fingerprint density at radius 3 is 2.69 bits per heavy atom. The third-order valence-corrected chi connectivity index (χ3v) is 6.35. The number of thiophene rings is 1. The van der Waals surface area contributed by atoms with Gasteiger partial charge in [0.05, 0.1) is 21.7 Å². The van der Waals surface area contributed by atoms with E-state index in [0.29, 0.717) is 5.56 Å². The fourth-order valence-electron chi connectivity index (χ4n) is 3.59. The lowest BCUT2D eigenvalue weighted by Gasteiger charge is -2.14. The summed E-state index contributed by atoms with van der Waals surface area (Å²) < 4.78 is 1.01. The molecule has 0 spiro atoms. The number of rotatable bonds is 4. The molecule has 1 N–H and O–H groups in total. The van der Waals surface area contributed by atoms with E-state index in [2.05, 4.69) is 34.2 Å². The minimum absolute atomic E-state index is 0.114. The third-order valence-electron chi connectivity index (χ3n) is 4.96.